The molecule has 160 valence electrons. The predicted molar refractivity (Wildman–Crippen MR) is 125 cm³/mol. The van der Waals surface area contributed by atoms with E-state index in [1.807, 2.05) is 72.8 Å². The molecule has 0 N–H and O–H groups in total. The van der Waals surface area contributed by atoms with Gasteiger partial charge in [0.05, 0.1) is 0 Å². The molecule has 5 nitrogen and oxygen atoms in total. The second-order valence-electron chi connectivity index (χ2n) is 7.49. The Balaban J connectivity index is 1.51. The van der Waals surface area contributed by atoms with Gasteiger partial charge in [-0.05, 0) is 30.0 Å². The van der Waals surface area contributed by atoms with E-state index in [2.05, 4.69) is 28.9 Å². The number of hydrogen-bond acceptors (Lipinski definition) is 4. The third-order valence-corrected chi connectivity index (χ3v) is 5.24. The van der Waals surface area contributed by atoms with Gasteiger partial charge < -0.3 is 9.42 Å². The molecule has 0 radical (unpaired) electrons. The predicted octanol–water partition coefficient (Wildman–Crippen LogP) is 5.35. The van der Waals surface area contributed by atoms with Crippen LogP contribution in [-0.2, 0) is 19.4 Å². The molecule has 5 heteroatoms. The van der Waals surface area contributed by atoms with Crippen LogP contribution in [0.2, 0.25) is 0 Å². The summed E-state index contributed by atoms with van der Waals surface area (Å²) in [5.74, 6) is 0.823. The van der Waals surface area contributed by atoms with Crippen molar-refractivity contribution >= 4 is 5.91 Å². The summed E-state index contributed by atoms with van der Waals surface area (Å²) < 4.78 is 5.43. The van der Waals surface area contributed by atoms with Crippen molar-refractivity contribution in [3.63, 3.8) is 0 Å². The summed E-state index contributed by atoms with van der Waals surface area (Å²) in [5, 5.41) is 4.06. The van der Waals surface area contributed by atoms with Crippen LogP contribution in [0.15, 0.2) is 102 Å². The van der Waals surface area contributed by atoms with Gasteiger partial charge in [-0.2, -0.15) is 4.98 Å². The Labute approximate surface area is 188 Å². The van der Waals surface area contributed by atoms with Gasteiger partial charge >= 0.3 is 0 Å². The van der Waals surface area contributed by atoms with Crippen LogP contribution < -0.4 is 0 Å². The molecule has 0 spiro atoms. The quantitative estimate of drug-likeness (QED) is 0.341. The maximum absolute atomic E-state index is 13.4. The summed E-state index contributed by atoms with van der Waals surface area (Å²) in [6, 6.07) is 27.7. The SMILES string of the molecule is C=CCN(Cc1nc(-c2ccccc2)no1)C(=O)c1ccccc1CCc1ccccc1. The van der Waals surface area contributed by atoms with Crippen LogP contribution in [0.3, 0.4) is 0 Å². The Morgan fingerprint density at radius 1 is 0.906 bits per heavy atom. The van der Waals surface area contributed by atoms with E-state index in [0.29, 0.717) is 23.8 Å². The van der Waals surface area contributed by atoms with Gasteiger partial charge in [0.2, 0.25) is 11.7 Å². The summed E-state index contributed by atoms with van der Waals surface area (Å²) in [4.78, 5) is 19.6. The first kappa shape index (κ1) is 21.2. The average molecular weight is 424 g/mol. The van der Waals surface area contributed by atoms with E-state index < -0.39 is 0 Å². The highest BCUT2D eigenvalue weighted by Gasteiger charge is 2.21. The van der Waals surface area contributed by atoms with Crippen LogP contribution in [0.25, 0.3) is 11.4 Å². The van der Waals surface area contributed by atoms with Crippen molar-refractivity contribution in [2.75, 3.05) is 6.54 Å². The molecule has 4 aromatic rings. The lowest BCUT2D eigenvalue weighted by molar-refractivity contribution is 0.0744. The normalized spacial score (nSPS) is 10.6. The average Bonchev–Trinajstić information content (AvgIpc) is 3.32. The monoisotopic (exact) mass is 423 g/mol. The number of carbonyl (C=O) groups is 1. The number of hydrogen-bond donors (Lipinski definition) is 0. The molecule has 0 aliphatic heterocycles. The van der Waals surface area contributed by atoms with Crippen LogP contribution in [0.1, 0.15) is 27.4 Å². The zero-order valence-corrected chi connectivity index (χ0v) is 17.9. The maximum Gasteiger partial charge on any atom is 0.254 e. The molecular formula is C27H25N3O2. The maximum atomic E-state index is 13.4. The minimum absolute atomic E-state index is 0.0759. The van der Waals surface area contributed by atoms with Crippen molar-refractivity contribution in [2.45, 2.75) is 19.4 Å². The smallest absolute Gasteiger partial charge is 0.254 e. The molecule has 1 amide bonds. The van der Waals surface area contributed by atoms with Crippen molar-refractivity contribution in [2.24, 2.45) is 0 Å². The minimum Gasteiger partial charge on any atom is -0.337 e. The zero-order chi connectivity index (χ0) is 22.2. The van der Waals surface area contributed by atoms with Gasteiger partial charge in [-0.25, -0.2) is 0 Å². The largest absolute Gasteiger partial charge is 0.337 e. The number of rotatable bonds is 9. The highest BCUT2D eigenvalue weighted by Crippen LogP contribution is 2.19. The fraction of sp³-hybridized carbons (Fsp3) is 0.148. The third kappa shape index (κ3) is 5.19. The molecule has 0 fully saturated rings. The van der Waals surface area contributed by atoms with Gasteiger partial charge in [0.1, 0.15) is 6.54 Å². The lowest BCUT2D eigenvalue weighted by atomic mass is 9.99. The lowest BCUT2D eigenvalue weighted by Crippen LogP contribution is -2.31. The van der Waals surface area contributed by atoms with E-state index in [1.165, 1.54) is 5.56 Å². The molecule has 3 aromatic carbocycles. The van der Waals surface area contributed by atoms with Crippen molar-refractivity contribution in [3.05, 3.63) is 120 Å². The molecule has 0 aliphatic carbocycles. The summed E-state index contributed by atoms with van der Waals surface area (Å²) in [7, 11) is 0. The molecule has 0 aliphatic rings. The van der Waals surface area contributed by atoms with Gasteiger partial charge in [0.15, 0.2) is 0 Å². The van der Waals surface area contributed by atoms with Crippen molar-refractivity contribution in [1.82, 2.24) is 15.0 Å². The first-order valence-electron chi connectivity index (χ1n) is 10.6. The number of nitrogens with zero attached hydrogens (tertiary/aromatic N) is 3. The standard InChI is InChI=1S/C27H25N3O2/c1-2-19-30(20-25-28-26(29-32-25)23-14-7-4-8-15-23)27(31)24-16-10-9-13-22(24)18-17-21-11-5-3-6-12-21/h2-16H,1,17-20H2. The van der Waals surface area contributed by atoms with Crippen molar-refractivity contribution in [3.8, 4) is 11.4 Å². The van der Waals surface area contributed by atoms with E-state index in [4.69, 9.17) is 4.52 Å². The molecular weight excluding hydrogens is 398 g/mol. The molecule has 0 saturated heterocycles. The van der Waals surface area contributed by atoms with E-state index in [0.717, 1.165) is 24.0 Å². The third-order valence-electron chi connectivity index (χ3n) is 5.24. The van der Waals surface area contributed by atoms with Crippen LogP contribution >= 0.6 is 0 Å². The molecule has 0 atom stereocenters. The number of aryl methyl sites for hydroxylation is 2. The van der Waals surface area contributed by atoms with Gasteiger partial charge in [-0.15, -0.1) is 6.58 Å². The molecule has 32 heavy (non-hydrogen) atoms. The Morgan fingerprint density at radius 2 is 1.59 bits per heavy atom. The molecule has 4 rings (SSSR count). The second-order valence-corrected chi connectivity index (χ2v) is 7.49. The fourth-order valence-corrected chi connectivity index (χ4v) is 3.60. The van der Waals surface area contributed by atoms with Crippen LogP contribution in [-0.4, -0.2) is 27.5 Å². The van der Waals surface area contributed by atoms with E-state index in [1.54, 1.807) is 11.0 Å². The Morgan fingerprint density at radius 3 is 2.34 bits per heavy atom. The number of carbonyl (C=O) groups excluding carboxylic acids is 1. The van der Waals surface area contributed by atoms with Crippen molar-refractivity contribution < 1.29 is 9.32 Å². The first-order valence-corrected chi connectivity index (χ1v) is 10.6. The topological polar surface area (TPSA) is 59.2 Å². The Hall–Kier alpha value is -3.99. The fourth-order valence-electron chi connectivity index (χ4n) is 3.60. The minimum atomic E-state index is -0.0759. The molecule has 0 unspecified atom stereocenters. The van der Waals surface area contributed by atoms with Crippen LogP contribution in [0.4, 0.5) is 0 Å². The summed E-state index contributed by atoms with van der Waals surface area (Å²) >= 11 is 0. The van der Waals surface area contributed by atoms with Gasteiger partial charge in [0, 0.05) is 17.7 Å². The van der Waals surface area contributed by atoms with Crippen LogP contribution in [0, 0.1) is 0 Å². The van der Waals surface area contributed by atoms with Crippen LogP contribution in [0.5, 0.6) is 0 Å². The van der Waals surface area contributed by atoms with E-state index >= 15 is 0 Å². The lowest BCUT2D eigenvalue weighted by Gasteiger charge is -2.21. The second kappa shape index (κ2) is 10.4. The highest BCUT2D eigenvalue weighted by atomic mass is 16.5. The number of aromatic nitrogens is 2. The number of amides is 1. The molecule has 0 saturated carbocycles. The molecule has 0 bridgehead atoms. The first-order chi connectivity index (χ1) is 15.7. The zero-order valence-electron chi connectivity index (χ0n) is 17.9. The van der Waals surface area contributed by atoms with Crippen molar-refractivity contribution in [1.29, 1.82) is 0 Å². The van der Waals surface area contributed by atoms with E-state index in [-0.39, 0.29) is 12.5 Å². The summed E-state index contributed by atoms with van der Waals surface area (Å²) in [5.41, 5.74) is 3.83. The van der Waals surface area contributed by atoms with Gasteiger partial charge in [-0.1, -0.05) is 90.1 Å². The Bertz CT molecular complexity index is 1170. The molecule has 1 heterocycles. The van der Waals surface area contributed by atoms with E-state index in [9.17, 15) is 4.79 Å². The highest BCUT2D eigenvalue weighted by molar-refractivity contribution is 5.95. The summed E-state index contributed by atoms with van der Waals surface area (Å²) in [6.45, 7) is 4.41. The molecule has 1 aromatic heterocycles. The Kier molecular flexibility index (Phi) is 6.88. The van der Waals surface area contributed by atoms with Gasteiger partial charge in [0.25, 0.3) is 5.91 Å². The number of benzene rings is 3. The van der Waals surface area contributed by atoms with Gasteiger partial charge in [-0.3, -0.25) is 4.79 Å². The summed E-state index contributed by atoms with van der Waals surface area (Å²) in [6.07, 6.45) is 3.36.